The highest BCUT2D eigenvalue weighted by Crippen LogP contribution is 2.31. The predicted octanol–water partition coefficient (Wildman–Crippen LogP) is 3.58. The third-order valence-corrected chi connectivity index (χ3v) is 4.85. The van der Waals surface area contributed by atoms with Crippen LogP contribution in [0.25, 0.3) is 11.3 Å². The molecule has 0 saturated heterocycles. The number of aliphatic hydroxyl groups is 1. The summed E-state index contributed by atoms with van der Waals surface area (Å²) in [6.07, 6.45) is 3.36. The Morgan fingerprint density at radius 1 is 1.42 bits per heavy atom. The van der Waals surface area contributed by atoms with Gasteiger partial charge < -0.3 is 14.9 Å². The number of aryl methyl sites for hydroxylation is 1. The number of aliphatic hydroxyl groups excluding tert-OH is 1. The minimum Gasteiger partial charge on any atom is -0.393 e. The van der Waals surface area contributed by atoms with E-state index in [1.54, 1.807) is 13.0 Å². The molecule has 2 atom stereocenters. The fourth-order valence-corrected chi connectivity index (χ4v) is 3.48. The van der Waals surface area contributed by atoms with Gasteiger partial charge in [-0.15, -0.1) is 0 Å². The lowest BCUT2D eigenvalue weighted by Gasteiger charge is -2.25. The average Bonchev–Trinajstić information content (AvgIpc) is 2.95. The molecule has 128 valence electrons. The molecule has 2 N–H and O–H groups in total. The van der Waals surface area contributed by atoms with Crippen LogP contribution < -0.4 is 5.32 Å². The number of rotatable bonds is 4. The van der Waals surface area contributed by atoms with Crippen LogP contribution in [0, 0.1) is 12.8 Å². The van der Waals surface area contributed by atoms with Gasteiger partial charge in [-0.3, -0.25) is 4.79 Å². The number of benzene rings is 1. The molecule has 6 heteroatoms. The van der Waals surface area contributed by atoms with Crippen LogP contribution in [0.3, 0.4) is 0 Å². The Labute approximate surface area is 146 Å². The van der Waals surface area contributed by atoms with E-state index in [1.165, 1.54) is 0 Å². The molecule has 1 aliphatic carbocycles. The van der Waals surface area contributed by atoms with E-state index < -0.39 is 0 Å². The molecule has 1 fully saturated rings. The molecule has 24 heavy (non-hydrogen) atoms. The number of aromatic nitrogens is 1. The van der Waals surface area contributed by atoms with Crippen molar-refractivity contribution in [3.8, 4) is 11.3 Å². The van der Waals surface area contributed by atoms with E-state index in [0.717, 1.165) is 25.7 Å². The Morgan fingerprint density at radius 3 is 2.96 bits per heavy atom. The summed E-state index contributed by atoms with van der Waals surface area (Å²) in [5.74, 6) is 0.552. The lowest BCUT2D eigenvalue weighted by Crippen LogP contribution is -2.33. The molecule has 1 heterocycles. The summed E-state index contributed by atoms with van der Waals surface area (Å²) < 4.78 is 5.23. The summed E-state index contributed by atoms with van der Waals surface area (Å²) in [7, 11) is 0. The first-order valence-corrected chi connectivity index (χ1v) is 8.61. The van der Waals surface area contributed by atoms with E-state index in [4.69, 9.17) is 16.1 Å². The Bertz CT molecular complexity index is 729. The highest BCUT2D eigenvalue weighted by Gasteiger charge is 2.25. The summed E-state index contributed by atoms with van der Waals surface area (Å²) >= 11 is 6.22. The van der Waals surface area contributed by atoms with Crippen molar-refractivity contribution in [3.05, 3.63) is 40.6 Å². The number of nitrogens with one attached hydrogen (secondary N) is 1. The Balaban J connectivity index is 1.76. The molecular weight excluding hydrogens is 328 g/mol. The Kier molecular flexibility index (Phi) is 5.21. The normalized spacial score (nSPS) is 20.8. The van der Waals surface area contributed by atoms with Crippen molar-refractivity contribution in [1.82, 2.24) is 10.5 Å². The summed E-state index contributed by atoms with van der Waals surface area (Å²) in [5.41, 5.74) is 1.55. The molecule has 0 bridgehead atoms. The van der Waals surface area contributed by atoms with Crippen molar-refractivity contribution in [2.24, 2.45) is 5.92 Å². The topological polar surface area (TPSA) is 75.4 Å². The van der Waals surface area contributed by atoms with Gasteiger partial charge in [0.2, 0.25) is 0 Å². The van der Waals surface area contributed by atoms with Crippen molar-refractivity contribution >= 4 is 17.5 Å². The van der Waals surface area contributed by atoms with E-state index in [9.17, 15) is 9.90 Å². The summed E-state index contributed by atoms with van der Waals surface area (Å²) in [4.78, 5) is 12.6. The van der Waals surface area contributed by atoms with Crippen molar-refractivity contribution < 1.29 is 14.4 Å². The number of carbonyl (C=O) groups excluding carboxylic acids is 1. The van der Waals surface area contributed by atoms with Gasteiger partial charge in [0.1, 0.15) is 17.0 Å². The first-order valence-electron chi connectivity index (χ1n) is 8.23. The van der Waals surface area contributed by atoms with Gasteiger partial charge in [-0.25, -0.2) is 0 Å². The second kappa shape index (κ2) is 7.36. The number of carbonyl (C=O) groups is 1. The molecule has 1 saturated carbocycles. The second-order valence-electron chi connectivity index (χ2n) is 6.34. The predicted molar refractivity (Wildman–Crippen MR) is 92.0 cm³/mol. The van der Waals surface area contributed by atoms with Gasteiger partial charge in [-0.05, 0) is 38.2 Å². The van der Waals surface area contributed by atoms with Gasteiger partial charge in [0, 0.05) is 12.1 Å². The zero-order valence-corrected chi connectivity index (χ0v) is 14.3. The molecule has 1 aromatic carbocycles. The van der Waals surface area contributed by atoms with Gasteiger partial charge >= 0.3 is 0 Å². The maximum Gasteiger partial charge on any atom is 0.257 e. The van der Waals surface area contributed by atoms with E-state index in [1.807, 2.05) is 18.2 Å². The first kappa shape index (κ1) is 17.0. The monoisotopic (exact) mass is 348 g/mol. The molecule has 0 radical (unpaired) electrons. The van der Waals surface area contributed by atoms with Gasteiger partial charge in [0.05, 0.1) is 11.1 Å². The molecule has 2 unspecified atom stereocenters. The minimum atomic E-state index is -0.253. The van der Waals surface area contributed by atoms with Crippen LogP contribution in [0.4, 0.5) is 0 Å². The lowest BCUT2D eigenvalue weighted by atomic mass is 9.87. The van der Waals surface area contributed by atoms with Crippen LogP contribution in [0.5, 0.6) is 0 Å². The quantitative estimate of drug-likeness (QED) is 0.885. The van der Waals surface area contributed by atoms with Gasteiger partial charge in [-0.1, -0.05) is 41.4 Å². The highest BCUT2D eigenvalue weighted by atomic mass is 35.5. The largest absolute Gasteiger partial charge is 0.393 e. The third kappa shape index (κ3) is 3.62. The van der Waals surface area contributed by atoms with E-state index >= 15 is 0 Å². The summed E-state index contributed by atoms with van der Waals surface area (Å²) in [6.45, 7) is 2.26. The van der Waals surface area contributed by atoms with Crippen LogP contribution >= 0.6 is 11.6 Å². The molecule has 0 aliphatic heterocycles. The lowest BCUT2D eigenvalue weighted by molar-refractivity contribution is 0.0873. The van der Waals surface area contributed by atoms with Gasteiger partial charge in [0.25, 0.3) is 5.91 Å². The van der Waals surface area contributed by atoms with Crippen LogP contribution in [0.15, 0.2) is 28.8 Å². The zero-order chi connectivity index (χ0) is 17.1. The molecule has 2 aromatic rings. The smallest absolute Gasteiger partial charge is 0.257 e. The van der Waals surface area contributed by atoms with Gasteiger partial charge in [0.15, 0.2) is 0 Å². The maximum absolute atomic E-state index is 12.6. The molecule has 1 amide bonds. The summed E-state index contributed by atoms with van der Waals surface area (Å²) in [6, 6.07) is 7.24. The number of halogens is 1. The molecule has 5 nitrogen and oxygen atoms in total. The minimum absolute atomic E-state index is 0.219. The zero-order valence-electron chi connectivity index (χ0n) is 13.6. The van der Waals surface area contributed by atoms with Crippen LogP contribution in [0.2, 0.25) is 5.02 Å². The van der Waals surface area contributed by atoms with E-state index in [-0.39, 0.29) is 12.0 Å². The van der Waals surface area contributed by atoms with Crippen LogP contribution in [-0.4, -0.2) is 28.8 Å². The maximum atomic E-state index is 12.6. The summed E-state index contributed by atoms with van der Waals surface area (Å²) in [5, 5.41) is 17.2. The first-order chi connectivity index (χ1) is 11.6. The molecule has 1 aliphatic rings. The number of hydrogen-bond donors (Lipinski definition) is 2. The molecule has 1 aromatic heterocycles. The fraction of sp³-hybridized carbons (Fsp3) is 0.444. The number of hydrogen-bond acceptors (Lipinski definition) is 4. The van der Waals surface area contributed by atoms with Crippen LogP contribution in [0.1, 0.15) is 41.8 Å². The van der Waals surface area contributed by atoms with E-state index in [2.05, 4.69) is 10.5 Å². The van der Waals surface area contributed by atoms with Crippen molar-refractivity contribution in [3.63, 3.8) is 0 Å². The average molecular weight is 349 g/mol. The highest BCUT2D eigenvalue weighted by molar-refractivity contribution is 6.33. The van der Waals surface area contributed by atoms with Crippen LogP contribution in [-0.2, 0) is 0 Å². The molecule has 3 rings (SSSR count). The Morgan fingerprint density at radius 2 is 2.21 bits per heavy atom. The molecular formula is C18H21ClN2O3. The fourth-order valence-electron chi connectivity index (χ4n) is 3.25. The Hall–Kier alpha value is -1.85. The SMILES string of the molecule is Cc1onc(-c2ccccc2Cl)c1C(=O)NCC1CCCC(O)C1. The van der Waals surface area contributed by atoms with Crippen molar-refractivity contribution in [2.45, 2.75) is 38.7 Å². The second-order valence-corrected chi connectivity index (χ2v) is 6.75. The van der Waals surface area contributed by atoms with Crippen molar-refractivity contribution in [1.29, 1.82) is 0 Å². The number of amides is 1. The standard InChI is InChI=1S/C18H21ClN2O3/c1-11-16(17(21-24-11)14-7-2-3-8-15(14)19)18(23)20-10-12-5-4-6-13(22)9-12/h2-3,7-8,12-13,22H,4-6,9-10H2,1H3,(H,20,23). The number of nitrogens with zero attached hydrogens (tertiary/aromatic N) is 1. The van der Waals surface area contributed by atoms with Crippen molar-refractivity contribution in [2.75, 3.05) is 6.54 Å². The van der Waals surface area contributed by atoms with Gasteiger partial charge in [-0.2, -0.15) is 0 Å². The van der Waals surface area contributed by atoms with E-state index in [0.29, 0.717) is 40.1 Å². The molecule has 0 spiro atoms. The third-order valence-electron chi connectivity index (χ3n) is 4.53.